The van der Waals surface area contributed by atoms with Gasteiger partial charge in [-0.25, -0.2) is 0 Å². The molecule has 4 nitrogen and oxygen atoms in total. The molecule has 1 amide bonds. The molecule has 0 saturated carbocycles. The number of piperidine rings is 1. The Kier molecular flexibility index (Phi) is 4.29. The van der Waals surface area contributed by atoms with Gasteiger partial charge in [0.1, 0.15) is 0 Å². The van der Waals surface area contributed by atoms with Crippen LogP contribution in [0.25, 0.3) is 5.69 Å². The number of benzene rings is 1. The van der Waals surface area contributed by atoms with Crippen molar-refractivity contribution in [3.05, 3.63) is 54.4 Å². The lowest BCUT2D eigenvalue weighted by molar-refractivity contribution is 0.0521. The van der Waals surface area contributed by atoms with Gasteiger partial charge >= 0.3 is 0 Å². The van der Waals surface area contributed by atoms with Gasteiger partial charge in [0.15, 0.2) is 0 Å². The van der Waals surface area contributed by atoms with Crippen molar-refractivity contribution in [3.63, 3.8) is 0 Å². The molecule has 0 bridgehead atoms. The zero-order valence-electron chi connectivity index (χ0n) is 12.9. The van der Waals surface area contributed by atoms with Crippen molar-refractivity contribution >= 4 is 5.91 Å². The van der Waals surface area contributed by atoms with Gasteiger partial charge in [-0.1, -0.05) is 0 Å². The smallest absolute Gasteiger partial charge is 0.253 e. The molecule has 2 aromatic rings. The number of rotatable bonds is 3. The topological polar surface area (TPSA) is 45.5 Å². The monoisotopic (exact) mass is 298 g/mol. The molecule has 1 saturated heterocycles. The van der Waals surface area contributed by atoms with Gasteiger partial charge in [0.2, 0.25) is 0 Å². The number of carbonyl (C=O) groups is 1. The van der Waals surface area contributed by atoms with Gasteiger partial charge in [0.25, 0.3) is 5.91 Å². The molecule has 1 aliphatic rings. The number of likely N-dealkylation sites (tertiary alicyclic amines) is 1. The predicted octanol–water partition coefficient (Wildman–Crippen LogP) is 2.71. The number of nitrogens with zero attached hydrogens (tertiary/aromatic N) is 2. The predicted molar refractivity (Wildman–Crippen MR) is 86.1 cm³/mol. The van der Waals surface area contributed by atoms with Crippen molar-refractivity contribution < 1.29 is 9.90 Å². The summed E-state index contributed by atoms with van der Waals surface area (Å²) in [6.45, 7) is 3.30. The minimum atomic E-state index is -0.280. The third-order valence-corrected chi connectivity index (χ3v) is 4.53. The van der Waals surface area contributed by atoms with Crippen LogP contribution in [0.2, 0.25) is 0 Å². The summed E-state index contributed by atoms with van der Waals surface area (Å²) < 4.78 is 2.02. The van der Waals surface area contributed by atoms with E-state index >= 15 is 0 Å². The van der Waals surface area contributed by atoms with Crippen LogP contribution in [0.4, 0.5) is 0 Å². The zero-order valence-corrected chi connectivity index (χ0v) is 12.9. The van der Waals surface area contributed by atoms with Crippen LogP contribution in [0.3, 0.4) is 0 Å². The maximum absolute atomic E-state index is 12.5. The summed E-state index contributed by atoms with van der Waals surface area (Å²) in [6, 6.07) is 11.7. The van der Waals surface area contributed by atoms with Crippen LogP contribution < -0.4 is 0 Å². The molecule has 1 aromatic heterocycles. The summed E-state index contributed by atoms with van der Waals surface area (Å²) >= 11 is 0. The minimum Gasteiger partial charge on any atom is -0.393 e. The summed E-state index contributed by atoms with van der Waals surface area (Å²) in [6.07, 6.45) is 5.45. The fraction of sp³-hybridized carbons (Fsp3) is 0.389. The first-order valence-corrected chi connectivity index (χ1v) is 7.86. The number of amides is 1. The molecule has 1 atom stereocenters. The highest BCUT2D eigenvalue weighted by Gasteiger charge is 2.25. The third kappa shape index (κ3) is 3.07. The summed E-state index contributed by atoms with van der Waals surface area (Å²) in [4.78, 5) is 14.4. The number of carbonyl (C=O) groups excluding carboxylic acids is 1. The Morgan fingerprint density at radius 3 is 2.27 bits per heavy atom. The molecular weight excluding hydrogens is 276 g/mol. The standard InChI is InChI=1S/C18H22N2O2/c1-14(21)15-8-12-20(13-9-15)18(22)16-4-6-17(7-5-16)19-10-2-3-11-19/h2-7,10-11,14-15,21H,8-9,12-13H2,1H3. The molecule has 3 rings (SSSR count). The molecule has 116 valence electrons. The summed E-state index contributed by atoms with van der Waals surface area (Å²) in [5.74, 6) is 0.406. The van der Waals surface area contributed by atoms with Crippen molar-refractivity contribution in [2.45, 2.75) is 25.9 Å². The number of aliphatic hydroxyl groups is 1. The normalized spacial score (nSPS) is 17.5. The van der Waals surface area contributed by atoms with E-state index in [-0.39, 0.29) is 12.0 Å². The second-order valence-corrected chi connectivity index (χ2v) is 6.01. The first-order valence-electron chi connectivity index (χ1n) is 7.86. The van der Waals surface area contributed by atoms with Crippen LogP contribution in [0.15, 0.2) is 48.8 Å². The van der Waals surface area contributed by atoms with Crippen LogP contribution in [-0.4, -0.2) is 39.7 Å². The summed E-state index contributed by atoms with van der Waals surface area (Å²) in [7, 11) is 0. The molecule has 0 aliphatic carbocycles. The van der Waals surface area contributed by atoms with Crippen LogP contribution in [0.5, 0.6) is 0 Å². The lowest BCUT2D eigenvalue weighted by Gasteiger charge is -2.33. The van der Waals surface area contributed by atoms with Gasteiger partial charge in [-0.2, -0.15) is 0 Å². The van der Waals surface area contributed by atoms with E-state index in [9.17, 15) is 9.90 Å². The van der Waals surface area contributed by atoms with E-state index in [0.29, 0.717) is 5.92 Å². The average Bonchev–Trinajstić information content (AvgIpc) is 3.09. The molecule has 0 spiro atoms. The molecule has 1 aromatic carbocycles. The highest BCUT2D eigenvalue weighted by Crippen LogP contribution is 2.22. The zero-order chi connectivity index (χ0) is 15.5. The first-order chi connectivity index (χ1) is 10.6. The van der Waals surface area contributed by atoms with Crippen molar-refractivity contribution in [1.29, 1.82) is 0 Å². The fourth-order valence-corrected chi connectivity index (χ4v) is 3.05. The van der Waals surface area contributed by atoms with E-state index in [1.54, 1.807) is 0 Å². The van der Waals surface area contributed by atoms with Crippen molar-refractivity contribution in [2.24, 2.45) is 5.92 Å². The van der Waals surface area contributed by atoms with Crippen LogP contribution in [0.1, 0.15) is 30.1 Å². The second-order valence-electron chi connectivity index (χ2n) is 6.01. The Morgan fingerprint density at radius 1 is 1.14 bits per heavy atom. The van der Waals surface area contributed by atoms with Crippen LogP contribution >= 0.6 is 0 Å². The Labute approximate surface area is 131 Å². The molecule has 22 heavy (non-hydrogen) atoms. The Hall–Kier alpha value is -2.07. The van der Waals surface area contributed by atoms with Crippen molar-refractivity contribution in [2.75, 3.05) is 13.1 Å². The molecular formula is C18H22N2O2. The van der Waals surface area contributed by atoms with E-state index < -0.39 is 0 Å². The molecule has 1 N–H and O–H groups in total. The average molecular weight is 298 g/mol. The third-order valence-electron chi connectivity index (χ3n) is 4.53. The highest BCUT2D eigenvalue weighted by molar-refractivity contribution is 5.94. The first kappa shape index (κ1) is 14.9. The van der Waals surface area contributed by atoms with E-state index in [1.165, 1.54) is 0 Å². The van der Waals surface area contributed by atoms with Crippen LogP contribution in [0, 0.1) is 5.92 Å². The maximum Gasteiger partial charge on any atom is 0.253 e. The summed E-state index contributed by atoms with van der Waals surface area (Å²) in [5, 5.41) is 9.63. The van der Waals surface area contributed by atoms with Gasteiger partial charge in [-0.05, 0) is 62.1 Å². The molecule has 1 unspecified atom stereocenters. The Bertz CT molecular complexity index is 609. The molecule has 2 heterocycles. The lowest BCUT2D eigenvalue weighted by Crippen LogP contribution is -2.40. The quantitative estimate of drug-likeness (QED) is 0.947. The fourth-order valence-electron chi connectivity index (χ4n) is 3.05. The minimum absolute atomic E-state index is 0.0862. The maximum atomic E-state index is 12.5. The second kappa shape index (κ2) is 6.36. The highest BCUT2D eigenvalue weighted by atomic mass is 16.3. The van der Waals surface area contributed by atoms with E-state index in [2.05, 4.69) is 0 Å². The number of aliphatic hydroxyl groups excluding tert-OH is 1. The number of hydrogen-bond acceptors (Lipinski definition) is 2. The Morgan fingerprint density at radius 2 is 1.73 bits per heavy atom. The van der Waals surface area contributed by atoms with Gasteiger partial charge in [0.05, 0.1) is 6.10 Å². The molecule has 1 fully saturated rings. The van der Waals surface area contributed by atoms with Crippen molar-refractivity contribution in [1.82, 2.24) is 9.47 Å². The Balaban J connectivity index is 1.66. The van der Waals surface area contributed by atoms with Gasteiger partial charge in [-0.15, -0.1) is 0 Å². The van der Waals surface area contributed by atoms with E-state index in [1.807, 2.05) is 65.2 Å². The van der Waals surface area contributed by atoms with Gasteiger partial charge in [0, 0.05) is 36.7 Å². The SMILES string of the molecule is CC(O)C1CCN(C(=O)c2ccc(-n3cccc3)cc2)CC1. The van der Waals surface area contributed by atoms with Gasteiger partial charge < -0.3 is 14.6 Å². The van der Waals surface area contributed by atoms with Crippen molar-refractivity contribution in [3.8, 4) is 5.69 Å². The molecule has 4 heteroatoms. The van der Waals surface area contributed by atoms with Gasteiger partial charge in [-0.3, -0.25) is 4.79 Å². The molecule has 0 radical (unpaired) electrons. The number of hydrogen-bond donors (Lipinski definition) is 1. The van der Waals surface area contributed by atoms with E-state index in [0.717, 1.165) is 37.2 Å². The largest absolute Gasteiger partial charge is 0.393 e. The van der Waals surface area contributed by atoms with Crippen LogP contribution in [-0.2, 0) is 0 Å². The molecule has 1 aliphatic heterocycles. The van der Waals surface area contributed by atoms with E-state index in [4.69, 9.17) is 0 Å². The summed E-state index contributed by atoms with van der Waals surface area (Å²) in [5.41, 5.74) is 1.78. The lowest BCUT2D eigenvalue weighted by atomic mass is 9.92. The number of aromatic nitrogens is 1.